The number of pyridine rings is 1. The molecule has 0 atom stereocenters. The third-order valence-electron chi connectivity index (χ3n) is 3.73. The molecule has 0 bridgehead atoms. The van der Waals surface area contributed by atoms with Crippen LogP contribution in [0.15, 0.2) is 54.6 Å². The highest BCUT2D eigenvalue weighted by molar-refractivity contribution is 6.02. The lowest BCUT2D eigenvalue weighted by atomic mass is 10.0. The number of carbonyl (C=O) groups is 2. The fourth-order valence-corrected chi connectivity index (χ4v) is 2.60. The fraction of sp³-hybridized carbons (Fsp3) is 0.105. The first-order valence-electron chi connectivity index (χ1n) is 7.52. The van der Waals surface area contributed by atoms with Crippen molar-refractivity contribution >= 4 is 28.5 Å². The predicted molar refractivity (Wildman–Crippen MR) is 92.2 cm³/mol. The van der Waals surface area contributed by atoms with E-state index in [1.165, 1.54) is 6.07 Å². The van der Waals surface area contributed by atoms with Gasteiger partial charge in [-0.25, -0.2) is 4.79 Å². The molecule has 0 aliphatic carbocycles. The first-order valence-corrected chi connectivity index (χ1v) is 7.52. The maximum absolute atomic E-state index is 12.4. The number of fused-ring (bicyclic) bond motifs is 1. The Hall–Kier alpha value is -3.21. The van der Waals surface area contributed by atoms with Gasteiger partial charge in [-0.3, -0.25) is 9.78 Å². The quantitative estimate of drug-likeness (QED) is 0.772. The third kappa shape index (κ3) is 3.25. The molecule has 1 aromatic heterocycles. The number of hydrogen-bond donors (Lipinski definition) is 2. The van der Waals surface area contributed by atoms with E-state index in [4.69, 9.17) is 0 Å². The van der Waals surface area contributed by atoms with Gasteiger partial charge in [0.25, 0.3) is 0 Å². The number of para-hydroxylation sites is 1. The second kappa shape index (κ2) is 6.50. The smallest absolute Gasteiger partial charge is 0.335 e. The van der Waals surface area contributed by atoms with Crippen LogP contribution in [-0.4, -0.2) is 22.0 Å². The molecule has 5 heteroatoms. The Morgan fingerprint density at radius 2 is 1.83 bits per heavy atom. The van der Waals surface area contributed by atoms with Gasteiger partial charge in [0.05, 0.1) is 23.2 Å². The number of nitrogens with one attached hydrogen (secondary N) is 1. The number of benzene rings is 2. The third-order valence-corrected chi connectivity index (χ3v) is 3.73. The maximum Gasteiger partial charge on any atom is 0.335 e. The van der Waals surface area contributed by atoms with Crippen molar-refractivity contribution in [2.45, 2.75) is 13.3 Å². The summed E-state index contributed by atoms with van der Waals surface area (Å²) < 4.78 is 0. The lowest BCUT2D eigenvalue weighted by molar-refractivity contribution is -0.115. The molecule has 3 aromatic rings. The Morgan fingerprint density at radius 3 is 2.62 bits per heavy atom. The summed E-state index contributed by atoms with van der Waals surface area (Å²) in [5.41, 5.74) is 2.82. The molecule has 120 valence electrons. The Labute approximate surface area is 139 Å². The van der Waals surface area contributed by atoms with Crippen LogP contribution < -0.4 is 5.32 Å². The molecule has 0 aliphatic heterocycles. The summed E-state index contributed by atoms with van der Waals surface area (Å²) in [6.07, 6.45) is -0.00925. The summed E-state index contributed by atoms with van der Waals surface area (Å²) >= 11 is 0. The number of aryl methyl sites for hydroxylation is 1. The summed E-state index contributed by atoms with van der Waals surface area (Å²) in [5.74, 6) is -1.32. The van der Waals surface area contributed by atoms with Gasteiger partial charge in [0.15, 0.2) is 0 Å². The molecule has 3 rings (SSSR count). The first kappa shape index (κ1) is 15.7. The highest BCUT2D eigenvalue weighted by Crippen LogP contribution is 2.22. The van der Waals surface area contributed by atoms with Crippen LogP contribution >= 0.6 is 0 Å². The summed E-state index contributed by atoms with van der Waals surface area (Å²) in [4.78, 5) is 28.1. The van der Waals surface area contributed by atoms with Crippen LogP contribution in [0, 0.1) is 6.92 Å². The van der Waals surface area contributed by atoms with Crippen molar-refractivity contribution in [3.05, 3.63) is 71.4 Å². The van der Waals surface area contributed by atoms with Crippen LogP contribution in [0.1, 0.15) is 21.6 Å². The number of amides is 1. The Kier molecular flexibility index (Phi) is 4.24. The van der Waals surface area contributed by atoms with Crippen LogP contribution in [0.25, 0.3) is 10.9 Å². The van der Waals surface area contributed by atoms with E-state index in [1.807, 2.05) is 31.2 Å². The molecule has 0 spiro atoms. The van der Waals surface area contributed by atoms with E-state index in [9.17, 15) is 14.7 Å². The number of hydrogen-bond acceptors (Lipinski definition) is 3. The number of carbonyl (C=O) groups excluding carboxylic acids is 1. The molecule has 0 fully saturated rings. The molecule has 0 radical (unpaired) electrons. The van der Waals surface area contributed by atoms with Crippen molar-refractivity contribution < 1.29 is 14.7 Å². The van der Waals surface area contributed by atoms with E-state index in [-0.39, 0.29) is 17.9 Å². The van der Waals surface area contributed by atoms with Crippen molar-refractivity contribution in [2.24, 2.45) is 0 Å². The number of aromatic nitrogens is 1. The topological polar surface area (TPSA) is 79.3 Å². The lowest BCUT2D eigenvalue weighted by Gasteiger charge is -2.10. The Morgan fingerprint density at radius 1 is 1.04 bits per heavy atom. The van der Waals surface area contributed by atoms with Gasteiger partial charge in [-0.05, 0) is 30.7 Å². The van der Waals surface area contributed by atoms with E-state index in [0.29, 0.717) is 11.3 Å². The zero-order valence-corrected chi connectivity index (χ0v) is 13.1. The highest BCUT2D eigenvalue weighted by Gasteiger charge is 2.13. The molecule has 0 saturated heterocycles. The Bertz CT molecular complexity index is 935. The lowest BCUT2D eigenvalue weighted by Crippen LogP contribution is -2.16. The van der Waals surface area contributed by atoms with Gasteiger partial charge in [0, 0.05) is 11.1 Å². The zero-order chi connectivity index (χ0) is 17.1. The van der Waals surface area contributed by atoms with Crippen LogP contribution in [0.5, 0.6) is 0 Å². The molecule has 5 nitrogen and oxygen atoms in total. The summed E-state index contributed by atoms with van der Waals surface area (Å²) in [5, 5.41) is 13.0. The van der Waals surface area contributed by atoms with E-state index < -0.39 is 5.97 Å². The van der Waals surface area contributed by atoms with Crippen LogP contribution in [0.3, 0.4) is 0 Å². The van der Waals surface area contributed by atoms with E-state index >= 15 is 0 Å². The van der Waals surface area contributed by atoms with Crippen molar-refractivity contribution in [1.29, 1.82) is 0 Å². The SMILES string of the molecule is Cc1ccc2cccc(NC(=O)Cc3ccccc3C(=O)O)c2n1. The minimum Gasteiger partial charge on any atom is -0.478 e. The van der Waals surface area contributed by atoms with Crippen LogP contribution in [0.2, 0.25) is 0 Å². The van der Waals surface area contributed by atoms with E-state index in [2.05, 4.69) is 10.3 Å². The molecule has 1 heterocycles. The van der Waals surface area contributed by atoms with Gasteiger partial charge in [0.2, 0.25) is 5.91 Å². The van der Waals surface area contributed by atoms with Gasteiger partial charge in [0.1, 0.15) is 0 Å². The molecule has 0 aliphatic rings. The largest absolute Gasteiger partial charge is 0.478 e. The molecule has 1 amide bonds. The number of carboxylic acid groups (broad SMARTS) is 1. The summed E-state index contributed by atoms with van der Waals surface area (Å²) in [7, 11) is 0. The predicted octanol–water partition coefficient (Wildman–Crippen LogP) is 3.42. The average molecular weight is 320 g/mol. The average Bonchev–Trinajstić information content (AvgIpc) is 2.55. The minimum absolute atomic E-state index is 0.00925. The monoisotopic (exact) mass is 320 g/mol. The number of nitrogens with zero attached hydrogens (tertiary/aromatic N) is 1. The molecule has 2 aromatic carbocycles. The van der Waals surface area contributed by atoms with Crippen LogP contribution in [0.4, 0.5) is 5.69 Å². The van der Waals surface area contributed by atoms with Gasteiger partial charge < -0.3 is 10.4 Å². The number of carboxylic acids is 1. The molecule has 0 saturated carbocycles. The number of anilines is 1. The molecular formula is C19H16N2O3. The minimum atomic E-state index is -1.04. The molecule has 24 heavy (non-hydrogen) atoms. The molecular weight excluding hydrogens is 304 g/mol. The van der Waals surface area contributed by atoms with Gasteiger partial charge >= 0.3 is 5.97 Å². The first-order chi connectivity index (χ1) is 11.5. The van der Waals surface area contributed by atoms with E-state index in [0.717, 1.165) is 16.6 Å². The fourth-order valence-electron chi connectivity index (χ4n) is 2.60. The second-order valence-electron chi connectivity index (χ2n) is 5.52. The van der Waals surface area contributed by atoms with Gasteiger partial charge in [-0.15, -0.1) is 0 Å². The Balaban J connectivity index is 1.86. The second-order valence-corrected chi connectivity index (χ2v) is 5.52. The highest BCUT2D eigenvalue weighted by atomic mass is 16.4. The van der Waals surface area contributed by atoms with E-state index in [1.54, 1.807) is 24.3 Å². The summed E-state index contributed by atoms with van der Waals surface area (Å²) in [6, 6.07) is 15.9. The van der Waals surface area contributed by atoms with Gasteiger partial charge in [-0.1, -0.05) is 36.4 Å². The van der Waals surface area contributed by atoms with Crippen molar-refractivity contribution in [1.82, 2.24) is 4.98 Å². The maximum atomic E-state index is 12.4. The van der Waals surface area contributed by atoms with Crippen molar-refractivity contribution in [3.63, 3.8) is 0 Å². The number of rotatable bonds is 4. The zero-order valence-electron chi connectivity index (χ0n) is 13.1. The van der Waals surface area contributed by atoms with Crippen molar-refractivity contribution in [3.8, 4) is 0 Å². The standard InChI is InChI=1S/C19H16N2O3/c1-12-9-10-13-6-4-8-16(18(13)20-12)21-17(22)11-14-5-2-3-7-15(14)19(23)24/h2-10H,11H2,1H3,(H,21,22)(H,23,24). The molecule has 2 N–H and O–H groups in total. The van der Waals surface area contributed by atoms with Gasteiger partial charge in [-0.2, -0.15) is 0 Å². The normalized spacial score (nSPS) is 10.5. The summed E-state index contributed by atoms with van der Waals surface area (Å²) in [6.45, 7) is 1.89. The number of aromatic carboxylic acids is 1. The van der Waals surface area contributed by atoms with Crippen LogP contribution in [-0.2, 0) is 11.2 Å². The van der Waals surface area contributed by atoms with Crippen molar-refractivity contribution in [2.75, 3.05) is 5.32 Å². The molecule has 0 unspecified atom stereocenters.